The lowest BCUT2D eigenvalue weighted by molar-refractivity contribution is -0.118. The number of nitrogens with zero attached hydrogens (tertiary/aromatic N) is 1. The van der Waals surface area contributed by atoms with Gasteiger partial charge in [0, 0.05) is 29.7 Å². The minimum Gasteiger partial charge on any atom is -0.398 e. The molecule has 0 bridgehead atoms. The average molecular weight is 244 g/mol. The van der Waals surface area contributed by atoms with Crippen molar-refractivity contribution in [3.8, 4) is 0 Å². The number of carbonyl (C=O) groups is 1. The highest BCUT2D eigenvalue weighted by molar-refractivity contribution is 5.98. The van der Waals surface area contributed by atoms with Gasteiger partial charge in [0.1, 0.15) is 0 Å². The van der Waals surface area contributed by atoms with Gasteiger partial charge in [0.05, 0.1) is 11.2 Å². The van der Waals surface area contributed by atoms with Crippen LogP contribution < -0.4 is 16.8 Å². The summed E-state index contributed by atoms with van der Waals surface area (Å²) >= 11 is 0. The molecule has 2 rings (SSSR count). The molecule has 0 saturated carbocycles. The van der Waals surface area contributed by atoms with E-state index in [-0.39, 0.29) is 18.4 Å². The van der Waals surface area contributed by atoms with Crippen LogP contribution in [0.1, 0.15) is 13.3 Å². The Kier molecular flexibility index (Phi) is 3.32. The molecule has 1 aromatic carbocycles. The van der Waals surface area contributed by atoms with Crippen LogP contribution in [0.2, 0.25) is 0 Å². The van der Waals surface area contributed by atoms with Crippen LogP contribution in [0.5, 0.6) is 0 Å². The first-order valence-corrected chi connectivity index (χ1v) is 5.76. The van der Waals surface area contributed by atoms with Gasteiger partial charge in [0.25, 0.3) is 0 Å². The van der Waals surface area contributed by atoms with Gasteiger partial charge in [-0.1, -0.05) is 0 Å². The highest BCUT2D eigenvalue weighted by Crippen LogP contribution is 2.26. The molecule has 2 aromatic rings. The molecular formula is C13H16N4O. The maximum absolute atomic E-state index is 10.9. The predicted molar refractivity (Wildman–Crippen MR) is 73.1 cm³/mol. The van der Waals surface area contributed by atoms with Gasteiger partial charge in [-0.3, -0.25) is 9.78 Å². The van der Waals surface area contributed by atoms with E-state index in [2.05, 4.69) is 10.3 Å². The number of rotatable bonds is 4. The van der Waals surface area contributed by atoms with E-state index >= 15 is 0 Å². The molecule has 0 aliphatic rings. The number of primary amides is 1. The summed E-state index contributed by atoms with van der Waals surface area (Å²) in [5.74, 6) is -0.331. The van der Waals surface area contributed by atoms with Crippen molar-refractivity contribution in [2.45, 2.75) is 19.4 Å². The van der Waals surface area contributed by atoms with Gasteiger partial charge in [0.15, 0.2) is 0 Å². The number of amides is 1. The third-order valence-corrected chi connectivity index (χ3v) is 2.71. The van der Waals surface area contributed by atoms with E-state index in [0.717, 1.165) is 16.6 Å². The molecule has 0 saturated heterocycles. The number of anilines is 2. The van der Waals surface area contributed by atoms with Crippen LogP contribution in [0.15, 0.2) is 30.5 Å². The van der Waals surface area contributed by atoms with E-state index in [1.54, 1.807) is 6.20 Å². The number of fused-ring (bicyclic) bond motifs is 1. The number of pyridine rings is 1. The van der Waals surface area contributed by atoms with E-state index in [9.17, 15) is 4.79 Å². The van der Waals surface area contributed by atoms with Crippen LogP contribution in [0, 0.1) is 0 Å². The lowest BCUT2D eigenvalue weighted by atomic mass is 10.1. The van der Waals surface area contributed by atoms with Crippen molar-refractivity contribution in [3.05, 3.63) is 30.5 Å². The van der Waals surface area contributed by atoms with Crippen LogP contribution in [0.4, 0.5) is 11.4 Å². The number of hydrogen-bond donors (Lipinski definition) is 3. The molecule has 0 aliphatic heterocycles. The zero-order chi connectivity index (χ0) is 13.1. The molecule has 1 amide bonds. The van der Waals surface area contributed by atoms with Crippen molar-refractivity contribution in [2.24, 2.45) is 5.73 Å². The van der Waals surface area contributed by atoms with Gasteiger partial charge in [-0.05, 0) is 31.2 Å². The third kappa shape index (κ3) is 2.51. The summed E-state index contributed by atoms with van der Waals surface area (Å²) in [5, 5.41) is 4.12. The maximum atomic E-state index is 10.9. The summed E-state index contributed by atoms with van der Waals surface area (Å²) in [6.07, 6.45) is 1.99. The minimum atomic E-state index is -0.331. The normalized spacial score (nSPS) is 12.3. The summed E-state index contributed by atoms with van der Waals surface area (Å²) in [6.45, 7) is 1.90. The molecule has 1 atom stereocenters. The zero-order valence-electron chi connectivity index (χ0n) is 10.2. The Morgan fingerprint density at radius 2 is 2.22 bits per heavy atom. The summed E-state index contributed by atoms with van der Waals surface area (Å²) in [5.41, 5.74) is 13.4. The Morgan fingerprint density at radius 1 is 1.44 bits per heavy atom. The Balaban J connectivity index is 2.34. The van der Waals surface area contributed by atoms with Gasteiger partial charge >= 0.3 is 0 Å². The highest BCUT2D eigenvalue weighted by Gasteiger charge is 2.09. The molecule has 5 heteroatoms. The fourth-order valence-electron chi connectivity index (χ4n) is 1.93. The van der Waals surface area contributed by atoms with Crippen molar-refractivity contribution in [1.82, 2.24) is 4.98 Å². The summed E-state index contributed by atoms with van der Waals surface area (Å²) in [6, 6.07) is 7.40. The molecule has 1 aromatic heterocycles. The Morgan fingerprint density at radius 3 is 2.94 bits per heavy atom. The molecule has 18 heavy (non-hydrogen) atoms. The molecular weight excluding hydrogens is 228 g/mol. The quantitative estimate of drug-likeness (QED) is 0.710. The highest BCUT2D eigenvalue weighted by atomic mass is 16.1. The number of nitrogen functional groups attached to an aromatic ring is 1. The van der Waals surface area contributed by atoms with Crippen molar-refractivity contribution in [2.75, 3.05) is 11.1 Å². The summed E-state index contributed by atoms with van der Waals surface area (Å²) < 4.78 is 0. The largest absolute Gasteiger partial charge is 0.398 e. The lowest BCUT2D eigenvalue weighted by Crippen LogP contribution is -2.24. The van der Waals surface area contributed by atoms with Crippen molar-refractivity contribution in [1.29, 1.82) is 0 Å². The van der Waals surface area contributed by atoms with Crippen LogP contribution in [-0.2, 0) is 4.79 Å². The fraction of sp³-hybridized carbons (Fsp3) is 0.231. The predicted octanol–water partition coefficient (Wildman–Crippen LogP) is 1.49. The molecule has 94 valence electrons. The Bertz CT molecular complexity index is 582. The summed E-state index contributed by atoms with van der Waals surface area (Å²) in [7, 11) is 0. The molecule has 5 nitrogen and oxygen atoms in total. The van der Waals surface area contributed by atoms with Crippen molar-refractivity contribution >= 4 is 28.2 Å². The number of nitrogens with one attached hydrogen (secondary N) is 1. The first-order valence-electron chi connectivity index (χ1n) is 5.76. The zero-order valence-corrected chi connectivity index (χ0v) is 10.2. The number of aromatic nitrogens is 1. The van der Waals surface area contributed by atoms with Gasteiger partial charge in [0.2, 0.25) is 5.91 Å². The first kappa shape index (κ1) is 12.2. The van der Waals surface area contributed by atoms with Gasteiger partial charge in [-0.2, -0.15) is 0 Å². The smallest absolute Gasteiger partial charge is 0.219 e. The Labute approximate surface area is 105 Å². The molecule has 1 unspecified atom stereocenters. The van der Waals surface area contributed by atoms with E-state index in [4.69, 9.17) is 11.5 Å². The third-order valence-electron chi connectivity index (χ3n) is 2.71. The molecule has 0 radical (unpaired) electrons. The molecule has 0 aliphatic carbocycles. The van der Waals surface area contributed by atoms with E-state index in [1.165, 1.54) is 0 Å². The number of nitrogens with two attached hydrogens (primary N) is 2. The van der Waals surface area contributed by atoms with E-state index in [0.29, 0.717) is 5.69 Å². The second-order valence-electron chi connectivity index (χ2n) is 4.32. The van der Waals surface area contributed by atoms with Crippen LogP contribution in [-0.4, -0.2) is 16.9 Å². The van der Waals surface area contributed by atoms with Crippen LogP contribution in [0.3, 0.4) is 0 Å². The standard InChI is InChI=1S/C13H16N4O/c1-8(7-12(15)18)17-11-5-4-10(14)9-3-2-6-16-13(9)11/h2-6,8,17H,7,14H2,1H3,(H2,15,18). The first-order chi connectivity index (χ1) is 8.58. The Hall–Kier alpha value is -2.30. The van der Waals surface area contributed by atoms with Gasteiger partial charge in [-0.25, -0.2) is 0 Å². The topological polar surface area (TPSA) is 94.0 Å². The molecule has 1 heterocycles. The van der Waals surface area contributed by atoms with Crippen LogP contribution in [0.25, 0.3) is 10.9 Å². The molecule has 5 N–H and O–H groups in total. The minimum absolute atomic E-state index is 0.0451. The van der Waals surface area contributed by atoms with Gasteiger partial charge in [-0.15, -0.1) is 0 Å². The van der Waals surface area contributed by atoms with Crippen LogP contribution >= 0.6 is 0 Å². The van der Waals surface area contributed by atoms with E-state index < -0.39 is 0 Å². The second kappa shape index (κ2) is 4.91. The number of hydrogen-bond acceptors (Lipinski definition) is 4. The molecule has 0 fully saturated rings. The fourth-order valence-corrected chi connectivity index (χ4v) is 1.93. The SMILES string of the molecule is CC(CC(N)=O)Nc1ccc(N)c2cccnc12. The van der Waals surface area contributed by atoms with E-state index in [1.807, 2.05) is 31.2 Å². The van der Waals surface area contributed by atoms with Gasteiger partial charge < -0.3 is 16.8 Å². The maximum Gasteiger partial charge on any atom is 0.219 e. The summed E-state index contributed by atoms with van der Waals surface area (Å²) in [4.78, 5) is 15.2. The number of benzene rings is 1. The number of carbonyl (C=O) groups excluding carboxylic acids is 1. The monoisotopic (exact) mass is 244 g/mol. The van der Waals surface area contributed by atoms with Crippen molar-refractivity contribution in [3.63, 3.8) is 0 Å². The lowest BCUT2D eigenvalue weighted by Gasteiger charge is -2.15. The van der Waals surface area contributed by atoms with Crippen molar-refractivity contribution < 1.29 is 4.79 Å². The second-order valence-corrected chi connectivity index (χ2v) is 4.32. The molecule has 0 spiro atoms. The average Bonchev–Trinajstić information content (AvgIpc) is 2.32.